The third-order valence-electron chi connectivity index (χ3n) is 4.96. The van der Waals surface area contributed by atoms with Crippen molar-refractivity contribution in [2.45, 2.75) is 26.3 Å². The third kappa shape index (κ3) is 3.57. The summed E-state index contributed by atoms with van der Waals surface area (Å²) in [5.41, 5.74) is 6.71. The van der Waals surface area contributed by atoms with Gasteiger partial charge in [-0.3, -0.25) is 5.32 Å². The summed E-state index contributed by atoms with van der Waals surface area (Å²) in [5.74, 6) is 0. The van der Waals surface area contributed by atoms with Gasteiger partial charge in [-0.05, 0) is 37.5 Å². The number of hydrogen-bond acceptors (Lipinski definition) is 2. The molecular formula is C24H27NO. The highest BCUT2D eigenvalue weighted by molar-refractivity contribution is 5.50. The van der Waals surface area contributed by atoms with Gasteiger partial charge in [0.05, 0.1) is 12.1 Å². The topological polar surface area (TPSA) is 32.3 Å². The van der Waals surface area contributed by atoms with Crippen molar-refractivity contribution in [3.63, 3.8) is 0 Å². The average molecular weight is 345 g/mol. The molecule has 0 radical (unpaired) electrons. The molecule has 0 saturated carbocycles. The standard InChI is InChI=1S/C24H27NO/c1-18-4-10-21(11-5-18)24(25-16-17-26,22-12-6-19(2)7-13-22)23-14-8-20(3)9-15-23/h4-15,25-26H,16-17H2,1-3H3. The number of nitrogens with one attached hydrogen (secondary N) is 1. The molecule has 0 aliphatic rings. The molecule has 2 heteroatoms. The summed E-state index contributed by atoms with van der Waals surface area (Å²) in [4.78, 5) is 0. The van der Waals surface area contributed by atoms with Gasteiger partial charge in [0.15, 0.2) is 0 Å². The second kappa shape index (κ2) is 7.86. The molecule has 26 heavy (non-hydrogen) atoms. The van der Waals surface area contributed by atoms with E-state index in [1.165, 1.54) is 33.4 Å². The van der Waals surface area contributed by atoms with Crippen molar-refractivity contribution in [3.05, 3.63) is 106 Å². The highest BCUT2D eigenvalue weighted by Crippen LogP contribution is 2.37. The van der Waals surface area contributed by atoms with E-state index in [4.69, 9.17) is 0 Å². The maximum Gasteiger partial charge on any atom is 0.0948 e. The van der Waals surface area contributed by atoms with Crippen LogP contribution in [0.3, 0.4) is 0 Å². The lowest BCUT2D eigenvalue weighted by Crippen LogP contribution is -2.45. The Labute approximate surface area is 156 Å². The molecule has 0 amide bonds. The van der Waals surface area contributed by atoms with Crippen LogP contribution in [0, 0.1) is 20.8 Å². The molecule has 0 fully saturated rings. The van der Waals surface area contributed by atoms with Gasteiger partial charge < -0.3 is 5.11 Å². The molecule has 0 saturated heterocycles. The number of aryl methyl sites for hydroxylation is 3. The summed E-state index contributed by atoms with van der Waals surface area (Å²) in [6.45, 7) is 6.90. The fourth-order valence-corrected chi connectivity index (χ4v) is 3.46. The maximum atomic E-state index is 9.54. The number of aliphatic hydroxyl groups excluding tert-OH is 1. The van der Waals surface area contributed by atoms with Gasteiger partial charge in [0, 0.05) is 6.54 Å². The van der Waals surface area contributed by atoms with Crippen molar-refractivity contribution in [3.8, 4) is 0 Å². The van der Waals surface area contributed by atoms with Crippen LogP contribution in [0.4, 0.5) is 0 Å². The van der Waals surface area contributed by atoms with Crippen LogP contribution in [0.1, 0.15) is 33.4 Å². The number of aliphatic hydroxyl groups is 1. The van der Waals surface area contributed by atoms with Gasteiger partial charge in [0.1, 0.15) is 0 Å². The lowest BCUT2D eigenvalue weighted by Gasteiger charge is -2.37. The molecule has 2 N–H and O–H groups in total. The summed E-state index contributed by atoms with van der Waals surface area (Å²) in [6, 6.07) is 26.0. The molecule has 134 valence electrons. The van der Waals surface area contributed by atoms with Crippen LogP contribution in [0.5, 0.6) is 0 Å². The first-order valence-corrected chi connectivity index (χ1v) is 9.13. The van der Waals surface area contributed by atoms with E-state index in [1.807, 2.05) is 0 Å². The predicted molar refractivity (Wildman–Crippen MR) is 109 cm³/mol. The molecule has 3 aromatic rings. The Hall–Kier alpha value is -2.42. The molecule has 0 bridgehead atoms. The summed E-state index contributed by atoms with van der Waals surface area (Å²) < 4.78 is 0. The monoisotopic (exact) mass is 345 g/mol. The van der Waals surface area contributed by atoms with Gasteiger partial charge in [-0.2, -0.15) is 0 Å². The van der Waals surface area contributed by atoms with E-state index in [0.717, 1.165) is 0 Å². The normalized spacial score (nSPS) is 11.5. The molecule has 3 rings (SSSR count). The Morgan fingerprint density at radius 1 is 0.615 bits per heavy atom. The Morgan fingerprint density at radius 3 is 1.19 bits per heavy atom. The SMILES string of the molecule is Cc1ccc(C(NCCO)(c2ccc(C)cc2)c2ccc(C)cc2)cc1. The first kappa shape index (κ1) is 18.4. The predicted octanol–water partition coefficient (Wildman–Crippen LogP) is 4.49. The molecule has 0 unspecified atom stereocenters. The van der Waals surface area contributed by atoms with Gasteiger partial charge >= 0.3 is 0 Å². The molecule has 0 spiro atoms. The maximum absolute atomic E-state index is 9.54. The van der Waals surface area contributed by atoms with Crippen LogP contribution in [-0.4, -0.2) is 18.3 Å². The van der Waals surface area contributed by atoms with E-state index in [2.05, 4.69) is 98.9 Å². The highest BCUT2D eigenvalue weighted by Gasteiger charge is 2.35. The van der Waals surface area contributed by atoms with Gasteiger partial charge in [0.25, 0.3) is 0 Å². The smallest absolute Gasteiger partial charge is 0.0948 e. The lowest BCUT2D eigenvalue weighted by atomic mass is 9.76. The minimum absolute atomic E-state index is 0.0886. The van der Waals surface area contributed by atoms with Gasteiger partial charge in [0.2, 0.25) is 0 Å². The highest BCUT2D eigenvalue weighted by atomic mass is 16.3. The van der Waals surface area contributed by atoms with E-state index in [-0.39, 0.29) is 6.61 Å². The van der Waals surface area contributed by atoms with Crippen molar-refractivity contribution in [2.75, 3.05) is 13.2 Å². The molecular weight excluding hydrogens is 318 g/mol. The summed E-state index contributed by atoms with van der Waals surface area (Å²) in [6.07, 6.45) is 0. The average Bonchev–Trinajstić information content (AvgIpc) is 2.66. The van der Waals surface area contributed by atoms with Crippen LogP contribution in [-0.2, 0) is 5.54 Å². The Balaban J connectivity index is 2.27. The molecule has 0 atom stereocenters. The van der Waals surface area contributed by atoms with Crippen LogP contribution < -0.4 is 5.32 Å². The number of benzene rings is 3. The second-order valence-corrected chi connectivity index (χ2v) is 7.00. The van der Waals surface area contributed by atoms with Gasteiger partial charge in [-0.15, -0.1) is 0 Å². The Bertz CT molecular complexity index is 722. The minimum Gasteiger partial charge on any atom is -0.395 e. The third-order valence-corrected chi connectivity index (χ3v) is 4.96. The zero-order valence-electron chi connectivity index (χ0n) is 15.8. The molecule has 2 nitrogen and oxygen atoms in total. The second-order valence-electron chi connectivity index (χ2n) is 7.00. The van der Waals surface area contributed by atoms with Crippen molar-refractivity contribution >= 4 is 0 Å². The van der Waals surface area contributed by atoms with Crippen LogP contribution in [0.15, 0.2) is 72.8 Å². The lowest BCUT2D eigenvalue weighted by molar-refractivity contribution is 0.277. The van der Waals surface area contributed by atoms with Crippen LogP contribution in [0.25, 0.3) is 0 Å². The molecule has 0 aliphatic heterocycles. The largest absolute Gasteiger partial charge is 0.395 e. The van der Waals surface area contributed by atoms with Crippen molar-refractivity contribution in [1.82, 2.24) is 5.32 Å². The molecule has 0 heterocycles. The van der Waals surface area contributed by atoms with Crippen molar-refractivity contribution in [1.29, 1.82) is 0 Å². The Kier molecular flexibility index (Phi) is 5.55. The van der Waals surface area contributed by atoms with E-state index in [1.54, 1.807) is 0 Å². The van der Waals surface area contributed by atoms with Gasteiger partial charge in [-0.25, -0.2) is 0 Å². The zero-order chi connectivity index (χ0) is 18.6. The fourth-order valence-electron chi connectivity index (χ4n) is 3.46. The number of hydrogen-bond donors (Lipinski definition) is 2. The van der Waals surface area contributed by atoms with Crippen LogP contribution >= 0.6 is 0 Å². The van der Waals surface area contributed by atoms with E-state index in [9.17, 15) is 5.11 Å². The van der Waals surface area contributed by atoms with E-state index < -0.39 is 5.54 Å². The van der Waals surface area contributed by atoms with Gasteiger partial charge in [-0.1, -0.05) is 89.5 Å². The zero-order valence-corrected chi connectivity index (χ0v) is 15.8. The quantitative estimate of drug-likeness (QED) is 0.645. The Morgan fingerprint density at radius 2 is 0.923 bits per heavy atom. The molecule has 0 aromatic heterocycles. The molecule has 3 aromatic carbocycles. The minimum atomic E-state index is -0.502. The first-order chi connectivity index (χ1) is 12.6. The van der Waals surface area contributed by atoms with E-state index in [0.29, 0.717) is 6.54 Å². The first-order valence-electron chi connectivity index (χ1n) is 9.13. The van der Waals surface area contributed by atoms with Crippen molar-refractivity contribution < 1.29 is 5.11 Å². The summed E-state index contributed by atoms with van der Waals surface area (Å²) >= 11 is 0. The fraction of sp³-hybridized carbons (Fsp3) is 0.250. The molecule has 0 aliphatic carbocycles. The van der Waals surface area contributed by atoms with Crippen LogP contribution in [0.2, 0.25) is 0 Å². The number of rotatable bonds is 6. The summed E-state index contributed by atoms with van der Waals surface area (Å²) in [5, 5.41) is 13.2. The summed E-state index contributed by atoms with van der Waals surface area (Å²) in [7, 11) is 0. The van der Waals surface area contributed by atoms with E-state index >= 15 is 0 Å². The van der Waals surface area contributed by atoms with Crippen molar-refractivity contribution in [2.24, 2.45) is 0 Å².